The van der Waals surface area contributed by atoms with E-state index in [4.69, 9.17) is 0 Å². The van der Waals surface area contributed by atoms with Gasteiger partial charge in [0.05, 0.1) is 5.92 Å². The predicted octanol–water partition coefficient (Wildman–Crippen LogP) is 2.88. The van der Waals surface area contributed by atoms with E-state index >= 15 is 0 Å². The van der Waals surface area contributed by atoms with Crippen LogP contribution in [0.25, 0.3) is 0 Å². The maximum absolute atomic E-state index is 12.4. The number of nitrogens with zero attached hydrogens (tertiary/aromatic N) is 1. The second-order valence-electron chi connectivity index (χ2n) is 6.70. The number of anilines is 1. The highest BCUT2D eigenvalue weighted by Crippen LogP contribution is 2.27. The van der Waals surface area contributed by atoms with Gasteiger partial charge in [-0.2, -0.15) is 0 Å². The first-order valence-electron chi connectivity index (χ1n) is 8.58. The Kier molecular flexibility index (Phi) is 5.60. The Bertz CT molecular complexity index is 876. The number of carbonyl (C=O) groups is 3. The third-order valence-corrected chi connectivity index (χ3v) is 4.95. The molecule has 1 saturated heterocycles. The lowest BCUT2D eigenvalue weighted by Gasteiger charge is -2.18. The number of hydrazine groups is 1. The summed E-state index contributed by atoms with van der Waals surface area (Å²) in [6, 6.07) is 12.7. The maximum Gasteiger partial charge on any atom is 0.269 e. The van der Waals surface area contributed by atoms with Crippen LogP contribution in [0.5, 0.6) is 0 Å². The Morgan fingerprint density at radius 3 is 2.30 bits per heavy atom. The molecule has 0 spiro atoms. The molecule has 1 aliphatic heterocycles. The predicted molar refractivity (Wildman–Crippen MR) is 106 cm³/mol. The molecule has 3 amide bonds. The normalized spacial score (nSPS) is 16.3. The van der Waals surface area contributed by atoms with Gasteiger partial charge in [-0.1, -0.05) is 22.0 Å². The molecule has 2 aromatic rings. The maximum atomic E-state index is 12.4. The van der Waals surface area contributed by atoms with Crippen molar-refractivity contribution in [3.05, 3.63) is 63.6 Å². The molecule has 0 bridgehead atoms. The van der Waals surface area contributed by atoms with Gasteiger partial charge in [-0.3, -0.25) is 25.2 Å². The Labute approximate surface area is 166 Å². The molecule has 6 nitrogen and oxygen atoms in total. The number of carbonyl (C=O) groups excluding carboxylic acids is 3. The number of hydrogen-bond acceptors (Lipinski definition) is 3. The zero-order valence-electron chi connectivity index (χ0n) is 15.1. The van der Waals surface area contributed by atoms with Gasteiger partial charge in [-0.25, -0.2) is 0 Å². The Hall–Kier alpha value is -2.67. The third kappa shape index (κ3) is 4.54. The van der Waals surface area contributed by atoms with Crippen LogP contribution in [0.2, 0.25) is 0 Å². The van der Waals surface area contributed by atoms with Crippen molar-refractivity contribution in [2.75, 3.05) is 11.4 Å². The lowest BCUT2D eigenvalue weighted by Crippen LogP contribution is -2.45. The highest BCUT2D eigenvalue weighted by Gasteiger charge is 2.35. The van der Waals surface area contributed by atoms with Crippen molar-refractivity contribution in [3.8, 4) is 0 Å². The van der Waals surface area contributed by atoms with Crippen molar-refractivity contribution in [1.82, 2.24) is 10.9 Å². The van der Waals surface area contributed by atoms with E-state index in [0.717, 1.165) is 21.3 Å². The van der Waals surface area contributed by atoms with E-state index in [1.165, 1.54) is 0 Å². The van der Waals surface area contributed by atoms with E-state index in [0.29, 0.717) is 12.1 Å². The molecule has 27 heavy (non-hydrogen) atoms. The molecule has 1 heterocycles. The fourth-order valence-corrected chi connectivity index (χ4v) is 3.40. The molecule has 7 heteroatoms. The van der Waals surface area contributed by atoms with Gasteiger partial charge >= 0.3 is 0 Å². The van der Waals surface area contributed by atoms with Gasteiger partial charge in [-0.15, -0.1) is 0 Å². The molecule has 1 aliphatic rings. The lowest BCUT2D eigenvalue weighted by molar-refractivity contribution is -0.126. The summed E-state index contributed by atoms with van der Waals surface area (Å²) in [4.78, 5) is 38.4. The largest absolute Gasteiger partial charge is 0.312 e. The summed E-state index contributed by atoms with van der Waals surface area (Å²) in [5.41, 5.74) is 8.17. The number of rotatable bonds is 3. The number of nitrogens with one attached hydrogen (secondary N) is 2. The summed E-state index contributed by atoms with van der Waals surface area (Å²) in [6.45, 7) is 4.24. The first kappa shape index (κ1) is 19.1. The van der Waals surface area contributed by atoms with E-state index in [9.17, 15) is 14.4 Å². The van der Waals surface area contributed by atoms with E-state index < -0.39 is 11.8 Å². The van der Waals surface area contributed by atoms with Gasteiger partial charge in [0.2, 0.25) is 11.8 Å². The molecule has 3 rings (SSSR count). The molecular weight excluding hydrogens is 410 g/mol. The van der Waals surface area contributed by atoms with Gasteiger partial charge in [0.15, 0.2) is 0 Å². The SMILES string of the molecule is Cc1cc(C)cc(N2C[C@@H](C(=O)NNC(=O)c3ccc(Br)cc3)CC2=O)c1. The van der Waals surface area contributed by atoms with Crippen molar-refractivity contribution in [2.24, 2.45) is 5.92 Å². The van der Waals surface area contributed by atoms with Crippen LogP contribution >= 0.6 is 15.9 Å². The van der Waals surface area contributed by atoms with E-state index in [2.05, 4.69) is 26.8 Å². The average Bonchev–Trinajstić information content (AvgIpc) is 3.01. The summed E-state index contributed by atoms with van der Waals surface area (Å²) >= 11 is 3.30. The molecule has 0 radical (unpaired) electrons. The topological polar surface area (TPSA) is 78.5 Å². The molecule has 140 valence electrons. The Balaban J connectivity index is 1.60. The molecule has 0 aliphatic carbocycles. The van der Waals surface area contributed by atoms with E-state index in [1.807, 2.05) is 32.0 Å². The molecular formula is C20H20BrN3O3. The van der Waals surface area contributed by atoms with Crippen molar-refractivity contribution in [2.45, 2.75) is 20.3 Å². The van der Waals surface area contributed by atoms with Crippen LogP contribution in [-0.4, -0.2) is 24.3 Å². The van der Waals surface area contributed by atoms with Crippen LogP contribution in [0, 0.1) is 19.8 Å². The fourth-order valence-electron chi connectivity index (χ4n) is 3.13. The number of benzene rings is 2. The second-order valence-corrected chi connectivity index (χ2v) is 7.62. The zero-order chi connectivity index (χ0) is 19.6. The van der Waals surface area contributed by atoms with E-state index in [-0.39, 0.29) is 18.2 Å². The number of halogens is 1. The van der Waals surface area contributed by atoms with Crippen molar-refractivity contribution >= 4 is 39.3 Å². The fraction of sp³-hybridized carbons (Fsp3) is 0.250. The van der Waals surface area contributed by atoms with Gasteiger partial charge < -0.3 is 4.90 Å². The highest BCUT2D eigenvalue weighted by atomic mass is 79.9. The summed E-state index contributed by atoms with van der Waals surface area (Å²) < 4.78 is 0.860. The quantitative estimate of drug-likeness (QED) is 0.736. The monoisotopic (exact) mass is 429 g/mol. The molecule has 1 fully saturated rings. The van der Waals surface area contributed by atoms with Crippen LogP contribution < -0.4 is 15.8 Å². The van der Waals surface area contributed by atoms with Crippen LogP contribution in [0.15, 0.2) is 46.9 Å². The van der Waals surface area contributed by atoms with Crippen LogP contribution in [0.4, 0.5) is 5.69 Å². The van der Waals surface area contributed by atoms with Crippen molar-refractivity contribution < 1.29 is 14.4 Å². The van der Waals surface area contributed by atoms with Crippen molar-refractivity contribution in [3.63, 3.8) is 0 Å². The third-order valence-electron chi connectivity index (χ3n) is 4.42. The highest BCUT2D eigenvalue weighted by molar-refractivity contribution is 9.10. The summed E-state index contributed by atoms with van der Waals surface area (Å²) in [6.07, 6.45) is 0.118. The first-order valence-corrected chi connectivity index (χ1v) is 9.37. The summed E-state index contributed by atoms with van der Waals surface area (Å²) in [5, 5.41) is 0. The molecule has 2 N–H and O–H groups in total. The standard InChI is InChI=1S/C20H20BrN3O3/c1-12-7-13(2)9-17(8-12)24-11-15(10-18(24)25)20(27)23-22-19(26)14-3-5-16(21)6-4-14/h3-9,15H,10-11H2,1-2H3,(H,22,26)(H,23,27)/t15-/m0/s1. The molecule has 0 aromatic heterocycles. The lowest BCUT2D eigenvalue weighted by atomic mass is 10.1. The summed E-state index contributed by atoms with van der Waals surface area (Å²) in [7, 11) is 0. The smallest absolute Gasteiger partial charge is 0.269 e. The number of aryl methyl sites for hydroxylation is 2. The summed E-state index contributed by atoms with van der Waals surface area (Å²) in [5.74, 6) is -1.39. The van der Waals surface area contributed by atoms with Crippen LogP contribution in [-0.2, 0) is 9.59 Å². The van der Waals surface area contributed by atoms with Gasteiger partial charge in [0, 0.05) is 28.7 Å². The average molecular weight is 430 g/mol. The zero-order valence-corrected chi connectivity index (χ0v) is 16.7. The molecule has 0 unspecified atom stereocenters. The second kappa shape index (κ2) is 7.92. The minimum Gasteiger partial charge on any atom is -0.312 e. The minimum atomic E-state index is -0.511. The number of hydrogen-bond donors (Lipinski definition) is 2. The van der Waals surface area contributed by atoms with Gasteiger partial charge in [-0.05, 0) is 61.4 Å². The molecule has 0 saturated carbocycles. The minimum absolute atomic E-state index is 0.0978. The van der Waals surface area contributed by atoms with Crippen LogP contribution in [0.3, 0.4) is 0 Å². The van der Waals surface area contributed by atoms with Crippen LogP contribution in [0.1, 0.15) is 27.9 Å². The Morgan fingerprint density at radius 2 is 1.67 bits per heavy atom. The molecule has 2 aromatic carbocycles. The Morgan fingerprint density at radius 1 is 1.04 bits per heavy atom. The first-order chi connectivity index (χ1) is 12.8. The van der Waals surface area contributed by atoms with Gasteiger partial charge in [0.1, 0.15) is 0 Å². The van der Waals surface area contributed by atoms with Crippen molar-refractivity contribution in [1.29, 1.82) is 0 Å². The van der Waals surface area contributed by atoms with Gasteiger partial charge in [0.25, 0.3) is 5.91 Å². The van der Waals surface area contributed by atoms with E-state index in [1.54, 1.807) is 29.2 Å². The number of amides is 3. The molecule has 1 atom stereocenters.